The minimum Gasteiger partial charge on any atom is -0.354 e. The third-order valence-electron chi connectivity index (χ3n) is 3.87. The third kappa shape index (κ3) is 1.95. The quantitative estimate of drug-likeness (QED) is 0.844. The van der Waals surface area contributed by atoms with Gasteiger partial charge in [0.05, 0.1) is 6.04 Å². The fourth-order valence-electron chi connectivity index (χ4n) is 3.03. The normalized spacial score (nSPS) is 24.9. The number of anilines is 1. The molecule has 0 bridgehead atoms. The van der Waals surface area contributed by atoms with E-state index in [1.807, 2.05) is 0 Å². The van der Waals surface area contributed by atoms with Gasteiger partial charge >= 0.3 is 6.18 Å². The van der Waals surface area contributed by atoms with Crippen LogP contribution in [0.1, 0.15) is 44.0 Å². The van der Waals surface area contributed by atoms with Crippen molar-refractivity contribution in [2.45, 2.75) is 44.3 Å². The molecule has 3 rings (SSSR count). The molecule has 1 fully saturated rings. The largest absolute Gasteiger partial charge is 0.453 e. The molecule has 0 spiro atoms. The van der Waals surface area contributed by atoms with Crippen molar-refractivity contribution in [2.75, 3.05) is 11.9 Å². The molecule has 1 aromatic heterocycles. The van der Waals surface area contributed by atoms with E-state index < -0.39 is 12.0 Å². The zero-order valence-electron chi connectivity index (χ0n) is 9.87. The number of hydrogen-bond donors (Lipinski definition) is 1. The van der Waals surface area contributed by atoms with Crippen molar-refractivity contribution in [2.24, 2.45) is 5.92 Å². The molecule has 1 aliphatic carbocycles. The number of aromatic nitrogens is 3. The summed E-state index contributed by atoms with van der Waals surface area (Å²) in [6.07, 6.45) is 0.886. The Hall–Kier alpha value is -1.27. The van der Waals surface area contributed by atoms with E-state index >= 15 is 0 Å². The second kappa shape index (κ2) is 4.13. The molecule has 0 aromatic carbocycles. The predicted molar refractivity (Wildman–Crippen MR) is 59.1 cm³/mol. The van der Waals surface area contributed by atoms with E-state index in [0.717, 1.165) is 19.3 Å². The van der Waals surface area contributed by atoms with Crippen molar-refractivity contribution >= 4 is 5.95 Å². The van der Waals surface area contributed by atoms with Crippen molar-refractivity contribution < 1.29 is 13.2 Å². The molecule has 4 nitrogen and oxygen atoms in total. The zero-order chi connectivity index (χ0) is 12.8. The van der Waals surface area contributed by atoms with Gasteiger partial charge in [0, 0.05) is 6.54 Å². The second-order valence-corrected chi connectivity index (χ2v) is 5.03. The maximum absolute atomic E-state index is 12.6. The molecule has 1 unspecified atom stereocenters. The van der Waals surface area contributed by atoms with E-state index in [4.69, 9.17) is 0 Å². The van der Waals surface area contributed by atoms with E-state index in [1.165, 1.54) is 17.5 Å². The summed E-state index contributed by atoms with van der Waals surface area (Å²) < 4.78 is 39.3. The van der Waals surface area contributed by atoms with Crippen LogP contribution in [0.25, 0.3) is 0 Å². The van der Waals surface area contributed by atoms with Crippen molar-refractivity contribution in [1.29, 1.82) is 0 Å². The summed E-state index contributed by atoms with van der Waals surface area (Å²) in [5.74, 6) is -0.311. The summed E-state index contributed by atoms with van der Waals surface area (Å²) in [5, 5.41) is 6.56. The maximum atomic E-state index is 12.6. The molecule has 2 aliphatic rings. The number of halogens is 3. The first kappa shape index (κ1) is 11.8. The van der Waals surface area contributed by atoms with Gasteiger partial charge in [0.2, 0.25) is 5.95 Å². The van der Waals surface area contributed by atoms with E-state index in [9.17, 15) is 13.2 Å². The van der Waals surface area contributed by atoms with Crippen LogP contribution in [-0.2, 0) is 6.18 Å². The van der Waals surface area contributed by atoms with Gasteiger partial charge < -0.3 is 5.32 Å². The van der Waals surface area contributed by atoms with Crippen LogP contribution < -0.4 is 5.32 Å². The lowest BCUT2D eigenvalue weighted by Gasteiger charge is -2.28. The lowest BCUT2D eigenvalue weighted by Crippen LogP contribution is -2.28. The Kier molecular flexibility index (Phi) is 2.71. The Balaban J connectivity index is 1.92. The van der Waals surface area contributed by atoms with Gasteiger partial charge in [0.15, 0.2) is 0 Å². The fraction of sp³-hybridized carbons (Fsp3) is 0.818. The van der Waals surface area contributed by atoms with Gasteiger partial charge in [-0.3, -0.25) is 0 Å². The highest BCUT2D eigenvalue weighted by molar-refractivity contribution is 5.29. The molecule has 1 saturated carbocycles. The molecule has 0 radical (unpaired) electrons. The average molecular weight is 260 g/mol. The number of rotatable bonds is 1. The lowest BCUT2D eigenvalue weighted by atomic mass is 9.95. The molecule has 2 heterocycles. The fourth-order valence-corrected chi connectivity index (χ4v) is 3.03. The molecular formula is C11H15F3N4. The highest BCUT2D eigenvalue weighted by Gasteiger charge is 2.40. The van der Waals surface area contributed by atoms with Crippen molar-refractivity contribution in [3.05, 3.63) is 5.82 Å². The number of nitrogens with one attached hydrogen (secondary N) is 1. The minimum absolute atomic E-state index is 0.0762. The molecule has 18 heavy (non-hydrogen) atoms. The molecule has 1 N–H and O–H groups in total. The number of hydrogen-bond acceptors (Lipinski definition) is 3. The van der Waals surface area contributed by atoms with Crippen LogP contribution in [0.2, 0.25) is 0 Å². The van der Waals surface area contributed by atoms with Crippen LogP contribution in [0.5, 0.6) is 0 Å². The van der Waals surface area contributed by atoms with Crippen LogP contribution in [0.4, 0.5) is 19.1 Å². The minimum atomic E-state index is -4.47. The summed E-state index contributed by atoms with van der Waals surface area (Å²) in [7, 11) is 0. The van der Waals surface area contributed by atoms with Gasteiger partial charge in [-0.2, -0.15) is 18.2 Å². The average Bonchev–Trinajstić information content (AvgIpc) is 2.96. The lowest BCUT2D eigenvalue weighted by molar-refractivity contribution is -0.145. The second-order valence-electron chi connectivity index (χ2n) is 5.03. The summed E-state index contributed by atoms with van der Waals surface area (Å²) in [4.78, 5) is 3.56. The first-order valence-corrected chi connectivity index (χ1v) is 6.33. The van der Waals surface area contributed by atoms with Crippen LogP contribution in [0, 0.1) is 5.92 Å². The molecule has 0 amide bonds. The molecule has 1 atom stereocenters. The van der Waals surface area contributed by atoms with Gasteiger partial charge in [0.25, 0.3) is 5.82 Å². The van der Waals surface area contributed by atoms with Crippen LogP contribution in [-0.4, -0.2) is 21.3 Å². The van der Waals surface area contributed by atoms with Gasteiger partial charge in [-0.1, -0.05) is 12.8 Å². The summed E-state index contributed by atoms with van der Waals surface area (Å²) in [6, 6.07) is 0.0762. The number of nitrogens with zero attached hydrogens (tertiary/aromatic N) is 3. The maximum Gasteiger partial charge on any atom is 0.453 e. The van der Waals surface area contributed by atoms with Crippen LogP contribution in [0.15, 0.2) is 0 Å². The van der Waals surface area contributed by atoms with Crippen molar-refractivity contribution in [3.8, 4) is 0 Å². The van der Waals surface area contributed by atoms with E-state index in [0.29, 0.717) is 12.5 Å². The molecule has 7 heteroatoms. The van der Waals surface area contributed by atoms with Crippen molar-refractivity contribution in [3.63, 3.8) is 0 Å². The highest BCUT2D eigenvalue weighted by Crippen LogP contribution is 2.39. The monoisotopic (exact) mass is 260 g/mol. The number of alkyl halides is 3. The highest BCUT2D eigenvalue weighted by atomic mass is 19.4. The SMILES string of the molecule is FC(F)(F)c1nc2n(n1)C(C1CCCC1)CCN2. The number of fused-ring (bicyclic) bond motifs is 1. The first-order chi connectivity index (χ1) is 8.55. The molecule has 1 aliphatic heterocycles. The van der Waals surface area contributed by atoms with E-state index in [1.54, 1.807) is 0 Å². The summed E-state index contributed by atoms with van der Waals surface area (Å²) in [6.45, 7) is 0.678. The van der Waals surface area contributed by atoms with E-state index in [2.05, 4.69) is 15.4 Å². The Morgan fingerprint density at radius 2 is 1.89 bits per heavy atom. The van der Waals surface area contributed by atoms with Gasteiger partial charge in [-0.05, 0) is 25.2 Å². The topological polar surface area (TPSA) is 42.7 Å². The molecular weight excluding hydrogens is 245 g/mol. The van der Waals surface area contributed by atoms with Crippen molar-refractivity contribution in [1.82, 2.24) is 14.8 Å². The standard InChI is InChI=1S/C11H15F3N4/c12-11(13,14)9-16-10-15-6-5-8(18(10)17-9)7-3-1-2-4-7/h7-8H,1-6H2,(H,15,16,17). The predicted octanol–water partition coefficient (Wildman–Crippen LogP) is 2.84. The zero-order valence-corrected chi connectivity index (χ0v) is 9.87. The Morgan fingerprint density at radius 3 is 2.56 bits per heavy atom. The van der Waals surface area contributed by atoms with Gasteiger partial charge in [0.1, 0.15) is 0 Å². The molecule has 1 aromatic rings. The van der Waals surface area contributed by atoms with Gasteiger partial charge in [-0.15, -0.1) is 5.10 Å². The summed E-state index contributed by atoms with van der Waals surface area (Å²) in [5.41, 5.74) is 0. The third-order valence-corrected chi connectivity index (χ3v) is 3.87. The Morgan fingerprint density at radius 1 is 1.17 bits per heavy atom. The molecule has 0 saturated heterocycles. The van der Waals surface area contributed by atoms with Crippen LogP contribution >= 0.6 is 0 Å². The van der Waals surface area contributed by atoms with Gasteiger partial charge in [-0.25, -0.2) is 4.68 Å². The van der Waals surface area contributed by atoms with Crippen LogP contribution in [0.3, 0.4) is 0 Å². The Labute approximate surface area is 103 Å². The first-order valence-electron chi connectivity index (χ1n) is 6.33. The molecule has 100 valence electrons. The smallest absolute Gasteiger partial charge is 0.354 e. The summed E-state index contributed by atoms with van der Waals surface area (Å²) >= 11 is 0. The Bertz CT molecular complexity index is 434. The van der Waals surface area contributed by atoms with E-state index in [-0.39, 0.29) is 12.0 Å².